The summed E-state index contributed by atoms with van der Waals surface area (Å²) in [6.07, 6.45) is 7.53. The number of thiophene rings is 1. The van der Waals surface area contributed by atoms with Crippen LogP contribution in [0.4, 0.5) is 0 Å². The number of carbonyl (C=O) groups is 1. The minimum absolute atomic E-state index is 0.0623. The van der Waals surface area contributed by atoms with Crippen molar-refractivity contribution >= 4 is 44.9 Å². The van der Waals surface area contributed by atoms with Crippen LogP contribution in [0.2, 0.25) is 0 Å². The molecule has 5 rings (SSSR count). The monoisotopic (exact) mass is 503 g/mol. The third kappa shape index (κ3) is 4.92. The molecule has 1 aliphatic carbocycles. The number of fused-ring (bicyclic) bond motifs is 3. The number of nitrogens with zero attached hydrogens (tertiary/aromatic N) is 4. The molecule has 178 valence electrons. The van der Waals surface area contributed by atoms with E-state index in [-0.39, 0.29) is 17.2 Å². The van der Waals surface area contributed by atoms with E-state index < -0.39 is 0 Å². The molecule has 0 bridgehead atoms. The highest BCUT2D eigenvalue weighted by atomic mass is 32.2. The van der Waals surface area contributed by atoms with Crippen LogP contribution in [0.25, 0.3) is 15.9 Å². The predicted molar refractivity (Wildman–Crippen MR) is 142 cm³/mol. The van der Waals surface area contributed by atoms with Crippen LogP contribution < -0.4 is 11.0 Å². The van der Waals surface area contributed by atoms with E-state index >= 15 is 0 Å². The molecule has 3 heterocycles. The molecule has 0 unspecified atom stereocenters. The molecule has 9 heteroatoms. The number of thioether (sulfide) groups is 1. The quantitative estimate of drug-likeness (QED) is 0.179. The Labute approximate surface area is 211 Å². The molecule has 0 spiro atoms. The summed E-state index contributed by atoms with van der Waals surface area (Å²) in [5, 5.41) is 5.44. The number of hydrogen-bond acceptors (Lipinski definition) is 7. The lowest BCUT2D eigenvalue weighted by molar-refractivity contribution is -0.118. The Balaban J connectivity index is 1.45. The maximum Gasteiger partial charge on any atom is 0.267 e. The Morgan fingerprint density at radius 3 is 2.66 bits per heavy atom. The lowest BCUT2D eigenvalue weighted by Crippen LogP contribution is -2.24. The summed E-state index contributed by atoms with van der Waals surface area (Å²) >= 11 is 2.86. The second kappa shape index (κ2) is 10.1. The summed E-state index contributed by atoms with van der Waals surface area (Å²) < 4.78 is 1.65. The maximum atomic E-state index is 13.8. The van der Waals surface area contributed by atoms with Gasteiger partial charge in [-0.1, -0.05) is 29.5 Å². The molecular weight excluding hydrogens is 478 g/mol. The minimum Gasteiger partial charge on any atom is -0.272 e. The van der Waals surface area contributed by atoms with Gasteiger partial charge in [-0.15, -0.1) is 11.3 Å². The van der Waals surface area contributed by atoms with Gasteiger partial charge in [0.15, 0.2) is 5.16 Å². The number of amides is 1. The van der Waals surface area contributed by atoms with Crippen molar-refractivity contribution < 1.29 is 4.79 Å². The highest BCUT2D eigenvalue weighted by Gasteiger charge is 2.23. The third-order valence-corrected chi connectivity index (χ3v) is 8.15. The lowest BCUT2D eigenvalue weighted by Gasteiger charge is -2.13. The molecule has 1 N–H and O–H groups in total. The fourth-order valence-electron chi connectivity index (χ4n) is 4.17. The Morgan fingerprint density at radius 2 is 1.89 bits per heavy atom. The van der Waals surface area contributed by atoms with Gasteiger partial charge in [-0.3, -0.25) is 19.1 Å². The number of carbonyl (C=O) groups excluding carboxylic acids is 1. The largest absolute Gasteiger partial charge is 0.272 e. The number of hydrazone groups is 1. The standard InChI is InChI=1S/C26H25N5O2S2/c1-16-7-9-19(10-8-16)31-25(33)23-20-5-3-4-6-21(20)35-24(23)28-26(31)34-15-22(32)30-29-17(2)18-11-13-27-14-12-18/h7-14H,3-6,15H2,1-2H3,(H,30,32)/b29-17+. The van der Waals surface area contributed by atoms with E-state index in [4.69, 9.17) is 4.98 Å². The van der Waals surface area contributed by atoms with Gasteiger partial charge in [0.2, 0.25) is 0 Å². The average Bonchev–Trinajstić information content (AvgIpc) is 3.26. The van der Waals surface area contributed by atoms with E-state index in [1.807, 2.05) is 50.2 Å². The number of aryl methyl sites for hydroxylation is 3. The van der Waals surface area contributed by atoms with Crippen LogP contribution in [0.3, 0.4) is 0 Å². The van der Waals surface area contributed by atoms with Crippen LogP contribution in [0.5, 0.6) is 0 Å². The van der Waals surface area contributed by atoms with Gasteiger partial charge in [-0.05, 0) is 69.4 Å². The van der Waals surface area contributed by atoms with Crippen LogP contribution in [-0.4, -0.2) is 31.9 Å². The van der Waals surface area contributed by atoms with Gasteiger partial charge in [0.05, 0.1) is 22.5 Å². The lowest BCUT2D eigenvalue weighted by atomic mass is 9.97. The second-order valence-electron chi connectivity index (χ2n) is 8.52. The molecular formula is C26H25N5O2S2. The first-order valence-electron chi connectivity index (χ1n) is 11.5. The molecule has 0 aliphatic heterocycles. The minimum atomic E-state index is -0.265. The first kappa shape index (κ1) is 23.4. The maximum absolute atomic E-state index is 13.8. The third-order valence-electron chi connectivity index (χ3n) is 6.03. The Hall–Kier alpha value is -3.30. The van der Waals surface area contributed by atoms with Gasteiger partial charge in [0.1, 0.15) is 4.83 Å². The number of rotatable bonds is 6. The normalized spacial score (nSPS) is 13.6. The summed E-state index contributed by atoms with van der Waals surface area (Å²) in [7, 11) is 0. The highest BCUT2D eigenvalue weighted by Crippen LogP contribution is 2.35. The van der Waals surface area contributed by atoms with E-state index in [1.54, 1.807) is 28.3 Å². The summed E-state index contributed by atoms with van der Waals surface area (Å²) in [4.78, 5) is 37.3. The van der Waals surface area contributed by atoms with Crippen molar-refractivity contribution in [2.24, 2.45) is 5.10 Å². The number of aromatic nitrogens is 3. The first-order chi connectivity index (χ1) is 17.0. The zero-order chi connectivity index (χ0) is 24.4. The highest BCUT2D eigenvalue weighted by molar-refractivity contribution is 7.99. The summed E-state index contributed by atoms with van der Waals surface area (Å²) in [5.74, 6) is -0.180. The van der Waals surface area contributed by atoms with E-state index in [2.05, 4.69) is 15.5 Å². The van der Waals surface area contributed by atoms with Crippen LogP contribution in [0.1, 0.15) is 41.3 Å². The smallest absolute Gasteiger partial charge is 0.267 e. The van der Waals surface area contributed by atoms with Crippen molar-refractivity contribution in [1.29, 1.82) is 0 Å². The molecule has 1 aliphatic rings. The van der Waals surface area contributed by atoms with Gasteiger partial charge in [-0.25, -0.2) is 10.4 Å². The molecule has 35 heavy (non-hydrogen) atoms. The van der Waals surface area contributed by atoms with Crippen molar-refractivity contribution in [2.45, 2.75) is 44.7 Å². The molecule has 1 amide bonds. The van der Waals surface area contributed by atoms with Crippen LogP contribution in [0, 0.1) is 6.92 Å². The molecule has 0 fully saturated rings. The van der Waals surface area contributed by atoms with E-state index in [9.17, 15) is 9.59 Å². The number of nitrogens with one attached hydrogen (secondary N) is 1. The van der Waals surface area contributed by atoms with Crippen molar-refractivity contribution in [3.8, 4) is 5.69 Å². The Bertz CT molecular complexity index is 1470. The van der Waals surface area contributed by atoms with Crippen molar-refractivity contribution in [2.75, 3.05) is 5.75 Å². The van der Waals surface area contributed by atoms with E-state index in [0.717, 1.165) is 58.3 Å². The second-order valence-corrected chi connectivity index (χ2v) is 10.5. The SMILES string of the molecule is C/C(=N\NC(=O)CSc1nc2sc3c(c2c(=O)n1-c1ccc(C)cc1)CCCC3)c1ccncc1. The summed E-state index contributed by atoms with van der Waals surface area (Å²) in [6.45, 7) is 3.84. The molecule has 7 nitrogen and oxygen atoms in total. The molecule has 0 saturated carbocycles. The van der Waals surface area contributed by atoms with Crippen molar-refractivity contribution in [3.05, 3.63) is 80.7 Å². The predicted octanol–water partition coefficient (Wildman–Crippen LogP) is 4.66. The number of pyridine rings is 1. The van der Waals surface area contributed by atoms with Crippen LogP contribution >= 0.6 is 23.1 Å². The number of benzene rings is 1. The molecule has 0 radical (unpaired) electrons. The van der Waals surface area contributed by atoms with Gasteiger partial charge >= 0.3 is 0 Å². The topological polar surface area (TPSA) is 89.2 Å². The molecule has 3 aromatic heterocycles. The first-order valence-corrected chi connectivity index (χ1v) is 13.3. The average molecular weight is 504 g/mol. The van der Waals surface area contributed by atoms with Crippen molar-refractivity contribution in [3.63, 3.8) is 0 Å². The molecule has 0 atom stereocenters. The fraction of sp³-hybridized carbons (Fsp3) is 0.269. The van der Waals surface area contributed by atoms with E-state index in [0.29, 0.717) is 10.9 Å². The summed E-state index contributed by atoms with van der Waals surface area (Å²) in [5.41, 5.74) is 7.13. The van der Waals surface area contributed by atoms with Crippen molar-refractivity contribution in [1.82, 2.24) is 20.0 Å². The van der Waals surface area contributed by atoms with Gasteiger partial charge in [0.25, 0.3) is 11.5 Å². The Morgan fingerprint density at radius 1 is 1.14 bits per heavy atom. The van der Waals surface area contributed by atoms with Crippen LogP contribution in [-0.2, 0) is 17.6 Å². The van der Waals surface area contributed by atoms with Gasteiger partial charge in [0, 0.05) is 22.8 Å². The Kier molecular flexibility index (Phi) is 6.79. The molecule has 4 aromatic rings. The van der Waals surface area contributed by atoms with Gasteiger partial charge in [-0.2, -0.15) is 5.10 Å². The zero-order valence-electron chi connectivity index (χ0n) is 19.6. The van der Waals surface area contributed by atoms with Crippen LogP contribution in [0.15, 0.2) is 63.8 Å². The van der Waals surface area contributed by atoms with Gasteiger partial charge < -0.3 is 0 Å². The number of hydrogen-bond donors (Lipinski definition) is 1. The zero-order valence-corrected chi connectivity index (χ0v) is 21.2. The van der Waals surface area contributed by atoms with E-state index in [1.165, 1.54) is 16.6 Å². The fourth-order valence-corrected chi connectivity index (χ4v) is 6.28. The molecule has 1 aromatic carbocycles. The summed E-state index contributed by atoms with van der Waals surface area (Å²) in [6, 6.07) is 11.5. The molecule has 0 saturated heterocycles.